The van der Waals surface area contributed by atoms with Crippen molar-refractivity contribution in [3.8, 4) is 11.6 Å². The van der Waals surface area contributed by atoms with E-state index in [0.29, 0.717) is 24.6 Å². The van der Waals surface area contributed by atoms with Crippen molar-refractivity contribution in [2.24, 2.45) is 0 Å². The van der Waals surface area contributed by atoms with Crippen molar-refractivity contribution in [1.82, 2.24) is 9.55 Å². The van der Waals surface area contributed by atoms with Crippen LogP contribution in [-0.2, 0) is 29.7 Å². The molecule has 0 atom stereocenters. The van der Waals surface area contributed by atoms with Gasteiger partial charge in [-0.3, -0.25) is 4.55 Å². The number of nitrogens with zero attached hydrogens (tertiary/aromatic N) is 2. The summed E-state index contributed by atoms with van der Waals surface area (Å²) >= 11 is 0. The average Bonchev–Trinajstić information content (AvgIpc) is 3.20. The van der Waals surface area contributed by atoms with E-state index in [1.807, 2.05) is 71.4 Å². The predicted octanol–water partition coefficient (Wildman–Crippen LogP) is 4.10. The number of benzene rings is 2. The number of pyridine rings is 1. The van der Waals surface area contributed by atoms with Gasteiger partial charge in [0.2, 0.25) is 5.88 Å². The van der Waals surface area contributed by atoms with E-state index >= 15 is 0 Å². The van der Waals surface area contributed by atoms with Crippen molar-refractivity contribution in [3.05, 3.63) is 89.7 Å². The van der Waals surface area contributed by atoms with Gasteiger partial charge < -0.3 is 14.0 Å². The first-order valence-corrected chi connectivity index (χ1v) is 11.8. The molecule has 0 fully saturated rings. The number of methoxy groups -OCH3 is 1. The molecule has 0 radical (unpaired) electrons. The Hall–Kier alpha value is -3.36. The number of hydrogen-bond acceptors (Lipinski definition) is 5. The summed E-state index contributed by atoms with van der Waals surface area (Å²) in [6.45, 7) is 0.932. The molecule has 0 bridgehead atoms. The summed E-state index contributed by atoms with van der Waals surface area (Å²) in [5.74, 6) is 0.756. The minimum absolute atomic E-state index is 0.0971. The smallest absolute Gasteiger partial charge is 0.265 e. The van der Waals surface area contributed by atoms with E-state index in [-0.39, 0.29) is 6.42 Å². The molecule has 32 heavy (non-hydrogen) atoms. The summed E-state index contributed by atoms with van der Waals surface area (Å²) in [6, 6.07) is 19.4. The summed E-state index contributed by atoms with van der Waals surface area (Å²) in [7, 11) is -2.49. The largest absolute Gasteiger partial charge is 0.497 e. The van der Waals surface area contributed by atoms with Crippen LogP contribution in [0.2, 0.25) is 0 Å². The Bertz CT molecular complexity index is 1300. The Kier molecular flexibility index (Phi) is 6.43. The van der Waals surface area contributed by atoms with E-state index in [9.17, 15) is 13.0 Å². The molecule has 2 heterocycles. The molecule has 1 N–H and O–H groups in total. The lowest BCUT2D eigenvalue weighted by Crippen LogP contribution is -2.09. The van der Waals surface area contributed by atoms with Crippen molar-refractivity contribution in [3.63, 3.8) is 0 Å². The van der Waals surface area contributed by atoms with E-state index < -0.39 is 15.9 Å². The van der Waals surface area contributed by atoms with Crippen LogP contribution in [0.25, 0.3) is 10.9 Å². The van der Waals surface area contributed by atoms with Crippen LogP contribution in [-0.4, -0.2) is 35.4 Å². The number of ether oxygens (including phenoxy) is 2. The molecule has 0 aliphatic rings. The highest BCUT2D eigenvalue weighted by molar-refractivity contribution is 7.85. The van der Waals surface area contributed by atoms with Gasteiger partial charge in [0.25, 0.3) is 10.1 Å². The summed E-state index contributed by atoms with van der Waals surface area (Å²) < 4.78 is 45.3. The number of aryl methyl sites for hydroxylation is 1. The van der Waals surface area contributed by atoms with Crippen molar-refractivity contribution in [2.45, 2.75) is 19.6 Å². The Balaban J connectivity index is 1.65. The van der Waals surface area contributed by atoms with E-state index in [0.717, 1.165) is 27.8 Å². The Morgan fingerprint density at radius 3 is 2.44 bits per heavy atom. The third-order valence-corrected chi connectivity index (χ3v) is 5.95. The molecule has 0 spiro atoms. The molecular weight excluding hydrogens is 428 g/mol. The number of rotatable bonds is 9. The van der Waals surface area contributed by atoms with Crippen molar-refractivity contribution < 1.29 is 22.4 Å². The zero-order chi connectivity index (χ0) is 22.6. The van der Waals surface area contributed by atoms with Crippen LogP contribution in [0.15, 0.2) is 73.1 Å². The highest BCUT2D eigenvalue weighted by Gasteiger charge is 2.17. The van der Waals surface area contributed by atoms with Gasteiger partial charge in [-0.25, -0.2) is 4.98 Å². The van der Waals surface area contributed by atoms with Crippen LogP contribution in [0.3, 0.4) is 0 Å². The number of fused-ring (bicyclic) bond motifs is 1. The fourth-order valence-corrected chi connectivity index (χ4v) is 4.05. The lowest BCUT2D eigenvalue weighted by atomic mass is 10.1. The van der Waals surface area contributed by atoms with E-state index in [1.54, 1.807) is 13.3 Å². The fourth-order valence-electron chi connectivity index (χ4n) is 3.59. The van der Waals surface area contributed by atoms with E-state index in [1.165, 1.54) is 0 Å². The Labute approximate surface area is 187 Å². The van der Waals surface area contributed by atoms with Gasteiger partial charge in [0.1, 0.15) is 12.4 Å². The normalized spacial score (nSPS) is 11.6. The topological polar surface area (TPSA) is 90.7 Å². The highest BCUT2D eigenvalue weighted by Crippen LogP contribution is 2.29. The molecule has 0 saturated heterocycles. The third kappa shape index (κ3) is 5.27. The van der Waals surface area contributed by atoms with E-state index in [4.69, 9.17) is 9.47 Å². The molecule has 2 aromatic heterocycles. The standard InChI is InChI=1S/C24H24N2O5S/c1-30-20-9-7-18(8-10-20)16-26-13-11-21-22(12-14-32(27,28)29)24(25-15-23(21)26)31-17-19-5-3-2-4-6-19/h2-11,13,15H,12,14,16-17H2,1H3,(H,27,28,29). The molecule has 0 aliphatic carbocycles. The highest BCUT2D eigenvalue weighted by atomic mass is 32.2. The summed E-state index contributed by atoms with van der Waals surface area (Å²) in [5, 5.41) is 0.847. The van der Waals surface area contributed by atoms with E-state index in [2.05, 4.69) is 4.98 Å². The molecule has 0 aliphatic heterocycles. The fraction of sp³-hybridized carbons (Fsp3) is 0.208. The van der Waals surface area contributed by atoms with Gasteiger partial charge in [0, 0.05) is 23.7 Å². The van der Waals surface area contributed by atoms with Crippen molar-refractivity contribution >= 4 is 21.0 Å². The summed E-state index contributed by atoms with van der Waals surface area (Å²) in [5.41, 5.74) is 3.59. The Morgan fingerprint density at radius 2 is 1.75 bits per heavy atom. The molecule has 0 saturated carbocycles. The maximum absolute atomic E-state index is 11.4. The molecule has 166 valence electrons. The van der Waals surface area contributed by atoms with Crippen LogP contribution in [0.5, 0.6) is 11.6 Å². The average molecular weight is 453 g/mol. The van der Waals surface area contributed by atoms with Crippen molar-refractivity contribution in [2.75, 3.05) is 12.9 Å². The van der Waals surface area contributed by atoms with Gasteiger partial charge in [-0.15, -0.1) is 0 Å². The van der Waals surface area contributed by atoms with Gasteiger partial charge in [-0.1, -0.05) is 42.5 Å². The molecule has 7 nitrogen and oxygen atoms in total. The second kappa shape index (κ2) is 9.42. The second-order valence-electron chi connectivity index (χ2n) is 7.44. The third-order valence-electron chi connectivity index (χ3n) is 5.23. The van der Waals surface area contributed by atoms with Crippen LogP contribution in [0, 0.1) is 0 Å². The molecule has 2 aromatic carbocycles. The summed E-state index contributed by atoms with van der Waals surface area (Å²) in [6.07, 6.45) is 3.77. The van der Waals surface area contributed by atoms with Crippen LogP contribution < -0.4 is 9.47 Å². The monoisotopic (exact) mass is 452 g/mol. The van der Waals surface area contributed by atoms with Gasteiger partial charge in [0.05, 0.1) is 24.6 Å². The minimum Gasteiger partial charge on any atom is -0.497 e. The zero-order valence-electron chi connectivity index (χ0n) is 17.6. The lowest BCUT2D eigenvalue weighted by molar-refractivity contribution is 0.291. The zero-order valence-corrected chi connectivity index (χ0v) is 18.5. The summed E-state index contributed by atoms with van der Waals surface area (Å²) in [4.78, 5) is 4.48. The number of hydrogen-bond donors (Lipinski definition) is 1. The molecule has 0 unspecified atom stereocenters. The number of aromatic nitrogens is 2. The lowest BCUT2D eigenvalue weighted by Gasteiger charge is -2.13. The second-order valence-corrected chi connectivity index (χ2v) is 9.01. The first-order valence-electron chi connectivity index (χ1n) is 10.1. The molecule has 0 amide bonds. The quantitative estimate of drug-likeness (QED) is 0.385. The SMILES string of the molecule is COc1ccc(Cn2ccc3c(CCS(=O)(=O)O)c(OCc4ccccc4)ncc32)cc1. The predicted molar refractivity (Wildman–Crippen MR) is 123 cm³/mol. The molecular formula is C24H24N2O5S. The Morgan fingerprint density at radius 1 is 1.00 bits per heavy atom. The van der Waals surface area contributed by atoms with Gasteiger partial charge in [0.15, 0.2) is 0 Å². The van der Waals surface area contributed by atoms with Crippen LogP contribution >= 0.6 is 0 Å². The van der Waals surface area contributed by atoms with Crippen LogP contribution in [0.1, 0.15) is 16.7 Å². The maximum atomic E-state index is 11.4. The molecule has 4 rings (SSSR count). The molecule has 4 aromatic rings. The van der Waals surface area contributed by atoms with Gasteiger partial charge in [-0.2, -0.15) is 8.42 Å². The van der Waals surface area contributed by atoms with Crippen LogP contribution in [0.4, 0.5) is 0 Å². The maximum Gasteiger partial charge on any atom is 0.265 e. The molecule has 8 heteroatoms. The van der Waals surface area contributed by atoms with Crippen molar-refractivity contribution in [1.29, 1.82) is 0 Å². The van der Waals surface area contributed by atoms with Gasteiger partial charge >= 0.3 is 0 Å². The first-order chi connectivity index (χ1) is 15.4. The first kappa shape index (κ1) is 21.9. The minimum atomic E-state index is -4.13. The van der Waals surface area contributed by atoms with Gasteiger partial charge in [-0.05, 0) is 35.7 Å².